The number of nitrogens with one attached hydrogen (secondary N) is 2. The lowest BCUT2D eigenvalue weighted by molar-refractivity contribution is -0.121. The van der Waals surface area contributed by atoms with Crippen molar-refractivity contribution in [2.75, 3.05) is 18.2 Å². The zero-order valence-corrected chi connectivity index (χ0v) is 18.4. The Bertz CT molecular complexity index is 1040. The van der Waals surface area contributed by atoms with Crippen molar-refractivity contribution in [3.05, 3.63) is 48.0 Å². The number of carbonyl (C=O) groups is 2. The number of hydrogen-bond acceptors (Lipinski definition) is 6. The van der Waals surface area contributed by atoms with Crippen LogP contribution in [0.5, 0.6) is 5.75 Å². The highest BCUT2D eigenvalue weighted by Gasteiger charge is 2.22. The first-order valence-electron chi connectivity index (χ1n) is 9.50. The minimum absolute atomic E-state index is 0.0969. The molecule has 0 radical (unpaired) electrons. The Balaban J connectivity index is 1.59. The lowest BCUT2D eigenvalue weighted by Gasteiger charge is -2.11. The average molecular weight is 449 g/mol. The van der Waals surface area contributed by atoms with Crippen molar-refractivity contribution in [1.82, 2.24) is 5.32 Å². The van der Waals surface area contributed by atoms with Crippen molar-refractivity contribution in [1.29, 1.82) is 0 Å². The number of rotatable bonds is 7. The van der Waals surface area contributed by atoms with Gasteiger partial charge in [0, 0.05) is 29.5 Å². The number of fused-ring (bicyclic) bond motifs is 1. The lowest BCUT2D eigenvalue weighted by atomic mass is 10.2. The van der Waals surface area contributed by atoms with Crippen LogP contribution in [0.25, 0.3) is 0 Å². The fourth-order valence-electron chi connectivity index (χ4n) is 3.00. The van der Waals surface area contributed by atoms with E-state index in [-0.39, 0.29) is 34.1 Å². The first-order valence-corrected chi connectivity index (χ1v) is 12.0. The van der Waals surface area contributed by atoms with Gasteiger partial charge in [-0.25, -0.2) is 8.42 Å². The molecule has 1 aliphatic rings. The Hall–Kier alpha value is -2.52. The molecule has 0 spiro atoms. The molecule has 1 aliphatic heterocycles. The first-order chi connectivity index (χ1) is 14.3. The molecule has 0 aromatic heterocycles. The van der Waals surface area contributed by atoms with E-state index in [0.29, 0.717) is 18.7 Å². The maximum absolute atomic E-state index is 12.7. The van der Waals surface area contributed by atoms with E-state index in [4.69, 9.17) is 4.74 Å². The first kappa shape index (κ1) is 22.2. The van der Waals surface area contributed by atoms with Gasteiger partial charge in [0.15, 0.2) is 9.84 Å². The van der Waals surface area contributed by atoms with E-state index in [9.17, 15) is 18.0 Å². The van der Waals surface area contributed by atoms with Gasteiger partial charge in [-0.05, 0) is 35.9 Å². The molecule has 2 aromatic rings. The Kier molecular flexibility index (Phi) is 7.04. The van der Waals surface area contributed by atoms with Gasteiger partial charge >= 0.3 is 0 Å². The molecule has 1 atom stereocenters. The second-order valence-electron chi connectivity index (χ2n) is 7.03. The molecule has 0 saturated heterocycles. The summed E-state index contributed by atoms with van der Waals surface area (Å²) in [5.41, 5.74) is 1.39. The van der Waals surface area contributed by atoms with Gasteiger partial charge in [0.05, 0.1) is 23.4 Å². The van der Waals surface area contributed by atoms with Crippen LogP contribution >= 0.6 is 11.8 Å². The Morgan fingerprint density at radius 2 is 1.97 bits per heavy atom. The van der Waals surface area contributed by atoms with Crippen LogP contribution in [0, 0.1) is 0 Å². The summed E-state index contributed by atoms with van der Waals surface area (Å²) in [4.78, 5) is 25.0. The molecular formula is C21H24N2O5S2. The number of hydrogen-bond donors (Lipinski definition) is 2. The third-order valence-electron chi connectivity index (χ3n) is 4.63. The zero-order valence-electron chi connectivity index (χ0n) is 16.8. The maximum atomic E-state index is 12.7. The molecule has 0 aliphatic carbocycles. The van der Waals surface area contributed by atoms with Gasteiger partial charge in [0.25, 0.3) is 0 Å². The predicted molar refractivity (Wildman–Crippen MR) is 117 cm³/mol. The minimum Gasteiger partial charge on any atom is -0.497 e. The van der Waals surface area contributed by atoms with Crippen molar-refractivity contribution in [2.45, 2.75) is 41.4 Å². The van der Waals surface area contributed by atoms with Gasteiger partial charge in [-0.3, -0.25) is 9.59 Å². The number of carbonyl (C=O) groups excluding carboxylic acids is 2. The summed E-state index contributed by atoms with van der Waals surface area (Å²) in [6, 6.07) is 12.0. The molecule has 7 nitrogen and oxygen atoms in total. The van der Waals surface area contributed by atoms with Gasteiger partial charge in [-0.15, -0.1) is 11.8 Å². The summed E-state index contributed by atoms with van der Waals surface area (Å²) in [5.74, 6) is -0.0680. The molecule has 0 fully saturated rings. The van der Waals surface area contributed by atoms with E-state index >= 15 is 0 Å². The Morgan fingerprint density at radius 1 is 1.23 bits per heavy atom. The second kappa shape index (κ2) is 9.53. The molecule has 1 heterocycles. The molecule has 0 saturated carbocycles. The van der Waals surface area contributed by atoms with E-state index in [2.05, 4.69) is 10.6 Å². The lowest BCUT2D eigenvalue weighted by Crippen LogP contribution is -2.25. The number of ether oxygens (including phenoxy) is 1. The van der Waals surface area contributed by atoms with Gasteiger partial charge < -0.3 is 15.4 Å². The number of amides is 2. The van der Waals surface area contributed by atoms with E-state index in [1.165, 1.54) is 23.9 Å². The van der Waals surface area contributed by atoms with E-state index in [1.54, 1.807) is 25.3 Å². The van der Waals surface area contributed by atoms with Crippen molar-refractivity contribution in [2.24, 2.45) is 0 Å². The van der Waals surface area contributed by atoms with E-state index < -0.39 is 9.84 Å². The van der Waals surface area contributed by atoms with Crippen LogP contribution in [0.2, 0.25) is 0 Å². The van der Waals surface area contributed by atoms with Crippen LogP contribution in [0.4, 0.5) is 5.69 Å². The summed E-state index contributed by atoms with van der Waals surface area (Å²) < 4.78 is 30.5. The van der Waals surface area contributed by atoms with Crippen LogP contribution in [0.15, 0.2) is 52.3 Å². The highest BCUT2D eigenvalue weighted by molar-refractivity contribution is 8.00. The monoisotopic (exact) mass is 448 g/mol. The number of benzene rings is 2. The zero-order chi connectivity index (χ0) is 21.7. The van der Waals surface area contributed by atoms with Crippen LogP contribution in [0.3, 0.4) is 0 Å². The van der Waals surface area contributed by atoms with Crippen molar-refractivity contribution < 1.29 is 22.7 Å². The topological polar surface area (TPSA) is 102 Å². The number of methoxy groups -OCH3 is 1. The fourth-order valence-corrected chi connectivity index (χ4v) is 5.32. The molecular weight excluding hydrogens is 424 g/mol. The molecule has 2 amide bonds. The summed E-state index contributed by atoms with van der Waals surface area (Å²) in [6.45, 7) is 2.26. The van der Waals surface area contributed by atoms with Gasteiger partial charge in [-0.1, -0.05) is 19.1 Å². The highest BCUT2D eigenvalue weighted by Crippen LogP contribution is 2.36. The molecule has 160 valence electrons. The standard InChI is InChI=1S/C21H24N2O5S2/c1-14-11-21(25)23-18-12-17(7-8-19(18)29-14)30(26,27)10-9-20(24)22-13-15-3-5-16(28-2)6-4-15/h3-8,12,14H,9-11,13H2,1-2H3,(H,22,24)(H,23,25)/t14-/m0/s1. The molecule has 2 aromatic carbocycles. The van der Waals surface area contributed by atoms with Gasteiger partial charge in [0.2, 0.25) is 11.8 Å². The average Bonchev–Trinajstić information content (AvgIpc) is 2.86. The molecule has 0 bridgehead atoms. The van der Waals surface area contributed by atoms with Gasteiger partial charge in [0.1, 0.15) is 5.75 Å². The van der Waals surface area contributed by atoms with Crippen LogP contribution in [-0.4, -0.2) is 38.3 Å². The van der Waals surface area contributed by atoms with Crippen molar-refractivity contribution in [3.63, 3.8) is 0 Å². The predicted octanol–water partition coefficient (Wildman–Crippen LogP) is 3.00. The molecule has 2 N–H and O–H groups in total. The summed E-state index contributed by atoms with van der Waals surface area (Å²) >= 11 is 1.53. The summed E-state index contributed by atoms with van der Waals surface area (Å²) in [7, 11) is -2.08. The molecule has 0 unspecified atom stereocenters. The van der Waals surface area contributed by atoms with Gasteiger partial charge in [-0.2, -0.15) is 0 Å². The maximum Gasteiger partial charge on any atom is 0.225 e. The smallest absolute Gasteiger partial charge is 0.225 e. The number of thioether (sulfide) groups is 1. The van der Waals surface area contributed by atoms with Crippen molar-refractivity contribution >= 4 is 39.1 Å². The quantitative estimate of drug-likeness (QED) is 0.675. The Labute approximate surface area is 180 Å². The van der Waals surface area contributed by atoms with Crippen LogP contribution < -0.4 is 15.4 Å². The SMILES string of the molecule is COc1ccc(CNC(=O)CCS(=O)(=O)c2ccc3c(c2)NC(=O)C[C@H](C)S3)cc1. The highest BCUT2D eigenvalue weighted by atomic mass is 32.2. The van der Waals surface area contributed by atoms with Crippen LogP contribution in [-0.2, 0) is 26.0 Å². The largest absolute Gasteiger partial charge is 0.497 e. The van der Waals surface area contributed by atoms with Crippen molar-refractivity contribution in [3.8, 4) is 5.75 Å². The number of anilines is 1. The van der Waals surface area contributed by atoms with E-state index in [0.717, 1.165) is 16.2 Å². The fraction of sp³-hybridized carbons (Fsp3) is 0.333. The third kappa shape index (κ3) is 5.76. The minimum atomic E-state index is -3.66. The summed E-state index contributed by atoms with van der Waals surface area (Å²) in [5, 5.41) is 5.60. The second-order valence-corrected chi connectivity index (χ2v) is 10.6. The third-order valence-corrected chi connectivity index (χ3v) is 7.52. The molecule has 30 heavy (non-hydrogen) atoms. The molecule has 9 heteroatoms. The Morgan fingerprint density at radius 3 is 2.67 bits per heavy atom. The normalized spacial score (nSPS) is 16.2. The van der Waals surface area contributed by atoms with Crippen LogP contribution in [0.1, 0.15) is 25.3 Å². The summed E-state index contributed by atoms with van der Waals surface area (Å²) in [6.07, 6.45) is 0.226. The molecule has 3 rings (SSSR count). The number of sulfone groups is 1. The van der Waals surface area contributed by atoms with E-state index in [1.807, 2.05) is 19.1 Å².